The molecule has 0 aliphatic carbocycles. The fourth-order valence-corrected chi connectivity index (χ4v) is 3.53. The molecule has 5 nitrogen and oxygen atoms in total. The van der Waals surface area contributed by atoms with Gasteiger partial charge in [-0.05, 0) is 56.7 Å². The Morgan fingerprint density at radius 1 is 1.07 bits per heavy atom. The van der Waals surface area contributed by atoms with Crippen LogP contribution in [-0.2, 0) is 4.79 Å². The van der Waals surface area contributed by atoms with Crippen LogP contribution in [0, 0.1) is 6.92 Å². The quantitative estimate of drug-likeness (QED) is 0.390. The van der Waals surface area contributed by atoms with Crippen molar-refractivity contribution >= 4 is 33.8 Å². The maximum Gasteiger partial charge on any atom is 0.233 e. The molecule has 0 unspecified atom stereocenters. The average Bonchev–Trinajstić information content (AvgIpc) is 3.12. The van der Waals surface area contributed by atoms with Gasteiger partial charge in [0.1, 0.15) is 5.75 Å². The lowest BCUT2D eigenvalue weighted by molar-refractivity contribution is -0.118. The second-order valence-corrected chi connectivity index (χ2v) is 7.21. The molecular formula is C22H22N2O3S. The molecule has 0 saturated carbocycles. The lowest BCUT2D eigenvalue weighted by Gasteiger charge is -2.20. The molecule has 0 fully saturated rings. The van der Waals surface area contributed by atoms with E-state index < -0.39 is 0 Å². The molecule has 1 amide bonds. The number of para-hydroxylation sites is 1. The van der Waals surface area contributed by atoms with Crippen molar-refractivity contribution < 1.29 is 14.3 Å². The molecule has 2 aromatic carbocycles. The van der Waals surface area contributed by atoms with E-state index in [0.717, 1.165) is 11.4 Å². The highest BCUT2D eigenvalue weighted by atomic mass is 32.1. The summed E-state index contributed by atoms with van der Waals surface area (Å²) in [6.45, 7) is 3.87. The third kappa shape index (κ3) is 5.04. The van der Waals surface area contributed by atoms with E-state index in [0.29, 0.717) is 35.9 Å². The first kappa shape index (κ1) is 19.8. The van der Waals surface area contributed by atoms with E-state index in [1.165, 1.54) is 18.3 Å². The van der Waals surface area contributed by atoms with E-state index in [1.54, 1.807) is 29.2 Å². The van der Waals surface area contributed by atoms with E-state index in [9.17, 15) is 9.59 Å². The van der Waals surface area contributed by atoms with Crippen LogP contribution in [0.3, 0.4) is 0 Å². The van der Waals surface area contributed by atoms with Crippen molar-refractivity contribution in [1.29, 1.82) is 0 Å². The van der Waals surface area contributed by atoms with E-state index in [-0.39, 0.29) is 11.7 Å². The molecule has 0 aliphatic heterocycles. The number of anilines is 2. The van der Waals surface area contributed by atoms with Crippen molar-refractivity contribution in [3.63, 3.8) is 0 Å². The maximum atomic E-state index is 12.9. The monoisotopic (exact) mass is 394 g/mol. The van der Waals surface area contributed by atoms with Crippen LogP contribution in [0.2, 0.25) is 0 Å². The molecule has 28 heavy (non-hydrogen) atoms. The van der Waals surface area contributed by atoms with Crippen molar-refractivity contribution in [2.45, 2.75) is 26.7 Å². The number of carbonyl (C=O) groups is 2. The molecule has 0 saturated heterocycles. The standard InChI is InChI=1S/C22H22N2O3S/c1-16-15-28-22(23-16)24(19-7-4-3-5-8-19)21(26)9-6-14-27-20-12-10-18(11-13-20)17(2)25/h3-5,7-8,10-13,15H,6,9,14H2,1-2H3. The highest BCUT2D eigenvalue weighted by molar-refractivity contribution is 7.14. The minimum absolute atomic E-state index is 0.0175. The number of benzene rings is 2. The second-order valence-electron chi connectivity index (χ2n) is 6.37. The molecule has 0 bridgehead atoms. The van der Waals surface area contributed by atoms with Crippen LogP contribution in [0.4, 0.5) is 10.8 Å². The van der Waals surface area contributed by atoms with Gasteiger partial charge < -0.3 is 4.74 Å². The molecule has 0 aliphatic rings. The molecule has 0 N–H and O–H groups in total. The van der Waals surface area contributed by atoms with Crippen molar-refractivity contribution in [2.75, 3.05) is 11.5 Å². The summed E-state index contributed by atoms with van der Waals surface area (Å²) in [5.74, 6) is 0.694. The Hall–Kier alpha value is -2.99. The van der Waals surface area contributed by atoms with Crippen LogP contribution in [0.1, 0.15) is 35.8 Å². The Morgan fingerprint density at radius 2 is 1.79 bits per heavy atom. The second kappa shape index (κ2) is 9.28. The maximum absolute atomic E-state index is 12.9. The Morgan fingerprint density at radius 3 is 2.39 bits per heavy atom. The van der Waals surface area contributed by atoms with Crippen LogP contribution in [0.5, 0.6) is 5.75 Å². The summed E-state index contributed by atoms with van der Waals surface area (Å²) < 4.78 is 5.69. The van der Waals surface area contributed by atoms with E-state index in [1.807, 2.05) is 42.6 Å². The minimum Gasteiger partial charge on any atom is -0.494 e. The minimum atomic E-state index is -0.0175. The molecule has 1 aromatic heterocycles. The first-order valence-electron chi connectivity index (χ1n) is 9.08. The van der Waals surface area contributed by atoms with Crippen molar-refractivity contribution in [1.82, 2.24) is 4.98 Å². The Labute approximate surface area is 168 Å². The molecule has 1 heterocycles. The Kier molecular flexibility index (Phi) is 6.55. The Balaban J connectivity index is 1.59. The van der Waals surface area contributed by atoms with Crippen LogP contribution in [0.15, 0.2) is 60.0 Å². The number of aromatic nitrogens is 1. The number of thiazole rings is 1. The highest BCUT2D eigenvalue weighted by Gasteiger charge is 2.20. The number of nitrogens with zero attached hydrogens (tertiary/aromatic N) is 2. The van der Waals surface area contributed by atoms with Gasteiger partial charge >= 0.3 is 0 Å². The molecule has 144 valence electrons. The summed E-state index contributed by atoms with van der Waals surface area (Å²) in [7, 11) is 0. The number of hydrogen-bond acceptors (Lipinski definition) is 5. The average molecular weight is 394 g/mol. The van der Waals surface area contributed by atoms with E-state index >= 15 is 0 Å². The van der Waals surface area contributed by atoms with Gasteiger partial charge in [-0.3, -0.25) is 14.5 Å². The summed E-state index contributed by atoms with van der Waals surface area (Å²) >= 11 is 1.46. The first-order chi connectivity index (χ1) is 13.5. The van der Waals surface area contributed by atoms with Crippen LogP contribution < -0.4 is 9.64 Å². The fourth-order valence-electron chi connectivity index (χ4n) is 2.69. The summed E-state index contributed by atoms with van der Waals surface area (Å²) in [6.07, 6.45) is 0.931. The van der Waals surface area contributed by atoms with Gasteiger partial charge in [0.05, 0.1) is 18.0 Å². The molecular weight excluding hydrogens is 372 g/mol. The van der Waals surface area contributed by atoms with Crippen molar-refractivity contribution in [3.05, 3.63) is 71.2 Å². The van der Waals surface area contributed by atoms with Gasteiger partial charge in [-0.25, -0.2) is 4.98 Å². The van der Waals surface area contributed by atoms with Crippen molar-refractivity contribution in [3.8, 4) is 5.75 Å². The number of hydrogen-bond donors (Lipinski definition) is 0. The van der Waals surface area contributed by atoms with Crippen LogP contribution in [-0.4, -0.2) is 23.3 Å². The first-order valence-corrected chi connectivity index (χ1v) is 9.96. The van der Waals surface area contributed by atoms with E-state index in [4.69, 9.17) is 4.74 Å². The number of amides is 1. The molecule has 6 heteroatoms. The van der Waals surface area contributed by atoms with Gasteiger partial charge in [0.25, 0.3) is 0 Å². The van der Waals surface area contributed by atoms with Gasteiger partial charge in [-0.2, -0.15) is 0 Å². The molecule has 0 spiro atoms. The zero-order valence-electron chi connectivity index (χ0n) is 15.9. The number of Topliss-reactive ketones (excluding diaryl/α,β-unsaturated/α-hetero) is 1. The number of aryl methyl sites for hydroxylation is 1. The van der Waals surface area contributed by atoms with Crippen LogP contribution in [0.25, 0.3) is 0 Å². The zero-order chi connectivity index (χ0) is 19.9. The predicted octanol–water partition coefficient (Wildman–Crippen LogP) is 5.18. The normalized spacial score (nSPS) is 10.5. The fraction of sp³-hybridized carbons (Fsp3) is 0.227. The van der Waals surface area contributed by atoms with E-state index in [2.05, 4.69) is 4.98 Å². The van der Waals surface area contributed by atoms with Crippen LogP contribution >= 0.6 is 11.3 Å². The topological polar surface area (TPSA) is 59.5 Å². The van der Waals surface area contributed by atoms with Crippen molar-refractivity contribution in [2.24, 2.45) is 0 Å². The molecule has 3 rings (SSSR count). The zero-order valence-corrected chi connectivity index (χ0v) is 16.7. The summed E-state index contributed by atoms with van der Waals surface area (Å²) in [4.78, 5) is 30.3. The SMILES string of the molecule is CC(=O)c1ccc(OCCCC(=O)N(c2ccccc2)c2nc(C)cs2)cc1. The smallest absolute Gasteiger partial charge is 0.233 e. The van der Waals surface area contributed by atoms with Gasteiger partial charge in [-0.15, -0.1) is 11.3 Å². The van der Waals surface area contributed by atoms with Gasteiger partial charge in [0, 0.05) is 17.4 Å². The number of ether oxygens (including phenoxy) is 1. The third-order valence-corrected chi connectivity index (χ3v) is 5.07. The molecule has 3 aromatic rings. The third-order valence-electron chi connectivity index (χ3n) is 4.13. The Bertz CT molecular complexity index is 936. The van der Waals surface area contributed by atoms with Gasteiger partial charge in [0.15, 0.2) is 10.9 Å². The van der Waals surface area contributed by atoms with Gasteiger partial charge in [0.2, 0.25) is 5.91 Å². The highest BCUT2D eigenvalue weighted by Crippen LogP contribution is 2.29. The predicted molar refractivity (Wildman–Crippen MR) is 112 cm³/mol. The molecule has 0 radical (unpaired) electrons. The summed E-state index contributed by atoms with van der Waals surface area (Å²) in [5, 5.41) is 2.61. The lowest BCUT2D eigenvalue weighted by Crippen LogP contribution is -2.26. The molecule has 0 atom stereocenters. The number of rotatable bonds is 8. The summed E-state index contributed by atoms with van der Waals surface area (Å²) in [5.41, 5.74) is 2.36. The lowest BCUT2D eigenvalue weighted by atomic mass is 10.1. The largest absolute Gasteiger partial charge is 0.494 e. The summed E-state index contributed by atoms with van der Waals surface area (Å²) in [6, 6.07) is 16.6. The number of carbonyl (C=O) groups excluding carboxylic acids is 2. The van der Waals surface area contributed by atoms with Gasteiger partial charge in [-0.1, -0.05) is 18.2 Å². The number of ketones is 1.